The first-order valence-electron chi connectivity index (χ1n) is 9.52. The Morgan fingerprint density at radius 1 is 1.00 bits per heavy atom. The molecule has 0 spiro atoms. The topological polar surface area (TPSA) is 70.1 Å². The van der Waals surface area contributed by atoms with E-state index in [9.17, 15) is 13.5 Å². The van der Waals surface area contributed by atoms with E-state index in [1.165, 1.54) is 4.31 Å². The maximum atomic E-state index is 12.8. The molecule has 1 atom stereocenters. The van der Waals surface area contributed by atoms with Crippen LogP contribution in [0.2, 0.25) is 0 Å². The molecule has 28 heavy (non-hydrogen) atoms. The molecule has 0 saturated carbocycles. The summed E-state index contributed by atoms with van der Waals surface area (Å²) in [5, 5.41) is 10.3. The van der Waals surface area contributed by atoms with Crippen molar-refractivity contribution in [2.45, 2.75) is 24.8 Å². The van der Waals surface area contributed by atoms with E-state index in [0.29, 0.717) is 37.6 Å². The number of nitrogens with zero attached hydrogens (tertiary/aromatic N) is 2. The maximum absolute atomic E-state index is 12.8. The fourth-order valence-electron chi connectivity index (χ4n) is 3.27. The van der Waals surface area contributed by atoms with E-state index in [-0.39, 0.29) is 6.61 Å². The molecule has 6 nitrogen and oxygen atoms in total. The van der Waals surface area contributed by atoms with Gasteiger partial charge < -0.3 is 9.84 Å². The Morgan fingerprint density at radius 2 is 1.64 bits per heavy atom. The number of aliphatic hydroxyl groups excluding tert-OH is 1. The molecule has 3 rings (SSSR count). The molecular formula is C21H28N2O4S. The zero-order chi connectivity index (χ0) is 20.1. The van der Waals surface area contributed by atoms with Crippen LogP contribution in [0.15, 0.2) is 53.4 Å². The first kappa shape index (κ1) is 20.8. The Kier molecular flexibility index (Phi) is 6.72. The SMILES string of the molecule is Cc1ccc(S(=O)(=O)N2CCN(CC(O)COc3ccccc3C)CC2)cc1. The van der Waals surface area contributed by atoms with Crippen LogP contribution >= 0.6 is 0 Å². The van der Waals surface area contributed by atoms with E-state index in [4.69, 9.17) is 4.74 Å². The number of benzene rings is 2. The van der Waals surface area contributed by atoms with E-state index < -0.39 is 16.1 Å². The number of hydrogen-bond donors (Lipinski definition) is 1. The van der Waals surface area contributed by atoms with E-state index in [2.05, 4.69) is 4.90 Å². The number of rotatable bonds is 7. The molecule has 0 aromatic heterocycles. The molecule has 1 aliphatic heterocycles. The fraction of sp³-hybridized carbons (Fsp3) is 0.429. The van der Waals surface area contributed by atoms with Crippen molar-refractivity contribution >= 4 is 10.0 Å². The second-order valence-electron chi connectivity index (χ2n) is 7.25. The summed E-state index contributed by atoms with van der Waals surface area (Å²) in [5.74, 6) is 0.774. The smallest absolute Gasteiger partial charge is 0.243 e. The summed E-state index contributed by atoms with van der Waals surface area (Å²) >= 11 is 0. The maximum Gasteiger partial charge on any atom is 0.243 e. The van der Waals surface area contributed by atoms with Crippen LogP contribution in [-0.2, 0) is 10.0 Å². The lowest BCUT2D eigenvalue weighted by Gasteiger charge is -2.34. The number of hydrogen-bond acceptors (Lipinski definition) is 5. The quantitative estimate of drug-likeness (QED) is 0.765. The average Bonchev–Trinajstić information content (AvgIpc) is 2.68. The monoisotopic (exact) mass is 404 g/mol. The Balaban J connectivity index is 1.48. The van der Waals surface area contributed by atoms with Gasteiger partial charge in [0, 0.05) is 32.7 Å². The Hall–Kier alpha value is -1.93. The lowest BCUT2D eigenvalue weighted by atomic mass is 10.2. The number of piperazine rings is 1. The van der Waals surface area contributed by atoms with Crippen LogP contribution in [0, 0.1) is 13.8 Å². The zero-order valence-electron chi connectivity index (χ0n) is 16.4. The summed E-state index contributed by atoms with van der Waals surface area (Å²) in [6.45, 7) is 6.60. The van der Waals surface area contributed by atoms with Gasteiger partial charge in [-0.15, -0.1) is 0 Å². The molecule has 1 aliphatic rings. The highest BCUT2D eigenvalue weighted by Gasteiger charge is 2.29. The van der Waals surface area contributed by atoms with Crippen LogP contribution in [-0.4, -0.2) is 68.2 Å². The highest BCUT2D eigenvalue weighted by Crippen LogP contribution is 2.19. The van der Waals surface area contributed by atoms with Gasteiger partial charge in [0.05, 0.1) is 4.90 Å². The van der Waals surface area contributed by atoms with Crippen LogP contribution < -0.4 is 4.74 Å². The largest absolute Gasteiger partial charge is 0.491 e. The van der Waals surface area contributed by atoms with Crippen LogP contribution in [0.4, 0.5) is 0 Å². The van der Waals surface area contributed by atoms with Crippen LogP contribution in [0.1, 0.15) is 11.1 Å². The molecule has 1 unspecified atom stereocenters. The minimum absolute atomic E-state index is 0.215. The van der Waals surface area contributed by atoms with Crippen molar-refractivity contribution < 1.29 is 18.3 Å². The van der Waals surface area contributed by atoms with Crippen molar-refractivity contribution in [1.82, 2.24) is 9.21 Å². The molecule has 1 heterocycles. The first-order valence-corrected chi connectivity index (χ1v) is 11.0. The number of para-hydroxylation sites is 1. The molecular weight excluding hydrogens is 376 g/mol. The summed E-state index contributed by atoms with van der Waals surface area (Å²) in [6, 6.07) is 14.6. The van der Waals surface area contributed by atoms with Crippen molar-refractivity contribution in [3.63, 3.8) is 0 Å². The number of ether oxygens (including phenoxy) is 1. The van der Waals surface area contributed by atoms with Crippen molar-refractivity contribution in [2.24, 2.45) is 0 Å². The summed E-state index contributed by atoms with van der Waals surface area (Å²) in [7, 11) is -3.46. The van der Waals surface area contributed by atoms with Gasteiger partial charge in [-0.3, -0.25) is 4.90 Å². The van der Waals surface area contributed by atoms with E-state index in [1.54, 1.807) is 12.1 Å². The Labute approximate surface area is 167 Å². The number of sulfonamides is 1. The van der Waals surface area contributed by atoms with Gasteiger partial charge in [0.2, 0.25) is 10.0 Å². The fourth-order valence-corrected chi connectivity index (χ4v) is 4.69. The van der Waals surface area contributed by atoms with Crippen molar-refractivity contribution in [1.29, 1.82) is 0 Å². The highest BCUT2D eigenvalue weighted by atomic mass is 32.2. The molecule has 2 aromatic rings. The van der Waals surface area contributed by atoms with E-state index in [1.807, 2.05) is 50.2 Å². The molecule has 7 heteroatoms. The Morgan fingerprint density at radius 3 is 2.29 bits per heavy atom. The van der Waals surface area contributed by atoms with Gasteiger partial charge >= 0.3 is 0 Å². The molecule has 0 bridgehead atoms. The highest BCUT2D eigenvalue weighted by molar-refractivity contribution is 7.89. The Bertz CT molecular complexity index is 876. The minimum atomic E-state index is -3.46. The molecule has 1 saturated heterocycles. The van der Waals surface area contributed by atoms with Gasteiger partial charge in [-0.1, -0.05) is 35.9 Å². The van der Waals surface area contributed by atoms with E-state index in [0.717, 1.165) is 16.9 Å². The minimum Gasteiger partial charge on any atom is -0.491 e. The standard InChI is InChI=1S/C21H28N2O4S/c1-17-7-9-20(10-8-17)28(25,26)23-13-11-22(12-14-23)15-19(24)16-27-21-6-4-3-5-18(21)2/h3-10,19,24H,11-16H2,1-2H3. The lowest BCUT2D eigenvalue weighted by molar-refractivity contribution is 0.0567. The lowest BCUT2D eigenvalue weighted by Crippen LogP contribution is -2.50. The second-order valence-corrected chi connectivity index (χ2v) is 9.19. The van der Waals surface area contributed by atoms with Crippen LogP contribution in [0.3, 0.4) is 0 Å². The summed E-state index contributed by atoms with van der Waals surface area (Å²) in [4.78, 5) is 2.41. The third-order valence-corrected chi connectivity index (χ3v) is 6.90. The van der Waals surface area contributed by atoms with Crippen LogP contribution in [0.5, 0.6) is 5.75 Å². The third kappa shape index (κ3) is 5.11. The molecule has 2 aromatic carbocycles. The first-order chi connectivity index (χ1) is 13.4. The number of β-amino-alcohol motifs (C(OH)–C–C–N with tert-alkyl or cyclic N) is 1. The third-order valence-electron chi connectivity index (χ3n) is 4.98. The molecule has 152 valence electrons. The zero-order valence-corrected chi connectivity index (χ0v) is 17.2. The second kappa shape index (κ2) is 9.05. The van der Waals surface area contributed by atoms with Gasteiger partial charge in [-0.2, -0.15) is 4.31 Å². The van der Waals surface area contributed by atoms with Gasteiger partial charge in [-0.05, 0) is 37.6 Å². The molecule has 1 N–H and O–H groups in total. The van der Waals surface area contributed by atoms with Crippen molar-refractivity contribution in [2.75, 3.05) is 39.3 Å². The van der Waals surface area contributed by atoms with Gasteiger partial charge in [0.25, 0.3) is 0 Å². The molecule has 0 amide bonds. The molecule has 0 radical (unpaired) electrons. The summed E-state index contributed by atoms with van der Waals surface area (Å²) < 4.78 is 32.7. The van der Waals surface area contributed by atoms with Gasteiger partial charge in [0.1, 0.15) is 18.5 Å². The van der Waals surface area contributed by atoms with Crippen molar-refractivity contribution in [3.8, 4) is 5.75 Å². The molecule has 0 aliphatic carbocycles. The summed E-state index contributed by atoms with van der Waals surface area (Å²) in [6.07, 6.45) is -0.625. The van der Waals surface area contributed by atoms with Gasteiger partial charge in [-0.25, -0.2) is 8.42 Å². The van der Waals surface area contributed by atoms with Crippen LogP contribution in [0.25, 0.3) is 0 Å². The predicted octanol–water partition coefficient (Wildman–Crippen LogP) is 2.05. The van der Waals surface area contributed by atoms with E-state index >= 15 is 0 Å². The normalized spacial score (nSPS) is 17.4. The molecule has 1 fully saturated rings. The number of aryl methyl sites for hydroxylation is 2. The number of aliphatic hydroxyl groups is 1. The van der Waals surface area contributed by atoms with Gasteiger partial charge in [0.15, 0.2) is 0 Å². The predicted molar refractivity (Wildman–Crippen MR) is 109 cm³/mol. The average molecular weight is 405 g/mol. The van der Waals surface area contributed by atoms with Crippen molar-refractivity contribution in [3.05, 3.63) is 59.7 Å². The summed E-state index contributed by atoms with van der Waals surface area (Å²) in [5.41, 5.74) is 2.07.